The van der Waals surface area contributed by atoms with Crippen molar-refractivity contribution in [2.45, 2.75) is 32.9 Å². The Bertz CT molecular complexity index is 883. The number of rotatable bonds is 6. The highest BCUT2D eigenvalue weighted by Gasteiger charge is 2.14. The van der Waals surface area contributed by atoms with Crippen LogP contribution in [0.5, 0.6) is 5.75 Å². The molecule has 2 aromatic carbocycles. The van der Waals surface area contributed by atoms with Gasteiger partial charge in [-0.3, -0.25) is 4.90 Å². The Morgan fingerprint density at radius 3 is 2.42 bits per heavy atom. The maximum Gasteiger partial charge on any atom is 0.123 e. The van der Waals surface area contributed by atoms with Gasteiger partial charge in [0.15, 0.2) is 0 Å². The third kappa shape index (κ3) is 3.97. The molecule has 134 valence electrons. The van der Waals surface area contributed by atoms with Gasteiger partial charge in [-0.25, -0.2) is 4.98 Å². The van der Waals surface area contributed by atoms with Gasteiger partial charge < -0.3 is 4.74 Å². The summed E-state index contributed by atoms with van der Waals surface area (Å²) in [4.78, 5) is 8.08. The highest BCUT2D eigenvalue weighted by Crippen LogP contribution is 2.33. The van der Waals surface area contributed by atoms with E-state index in [0.717, 1.165) is 46.4 Å². The topological polar surface area (TPSA) is 25.4 Å². The molecular formula is C22H24N2OS. The van der Waals surface area contributed by atoms with E-state index in [1.54, 1.807) is 11.3 Å². The van der Waals surface area contributed by atoms with Crippen LogP contribution in [0.25, 0.3) is 21.0 Å². The lowest BCUT2D eigenvalue weighted by molar-refractivity contribution is 0.172. The summed E-state index contributed by atoms with van der Waals surface area (Å²) in [6.45, 7) is 6.77. The molecular weight excluding hydrogens is 340 g/mol. The number of nitrogens with zero attached hydrogens (tertiary/aromatic N) is 2. The fourth-order valence-corrected chi connectivity index (χ4v) is 3.89. The van der Waals surface area contributed by atoms with E-state index in [1.807, 2.05) is 32.2 Å². The van der Waals surface area contributed by atoms with Crippen molar-refractivity contribution in [1.29, 1.82) is 0 Å². The number of ether oxygens (including phenoxy) is 1. The van der Waals surface area contributed by atoms with Gasteiger partial charge in [0.05, 0.1) is 11.0 Å². The fourth-order valence-electron chi connectivity index (χ4n) is 2.96. The molecule has 0 atom stereocenters. The molecule has 4 rings (SSSR count). The number of hydrogen-bond acceptors (Lipinski definition) is 4. The molecule has 1 saturated heterocycles. The summed E-state index contributed by atoms with van der Waals surface area (Å²) in [6, 6.07) is 16.8. The SMILES string of the molecule is [2H]C1CN(Cc2ccc(-c3ncc(-c4ccc(OC(C)C)cc4)s3)cc2)C1. The Labute approximate surface area is 160 Å². The normalized spacial score (nSPS) is 15.7. The summed E-state index contributed by atoms with van der Waals surface area (Å²) in [5, 5.41) is 1.04. The Kier molecular flexibility index (Phi) is 4.69. The van der Waals surface area contributed by atoms with E-state index in [-0.39, 0.29) is 12.5 Å². The van der Waals surface area contributed by atoms with Crippen molar-refractivity contribution in [2.24, 2.45) is 0 Å². The highest BCUT2D eigenvalue weighted by molar-refractivity contribution is 7.18. The zero-order valence-corrected chi connectivity index (χ0v) is 16.0. The van der Waals surface area contributed by atoms with E-state index < -0.39 is 0 Å². The average Bonchev–Trinajstić information content (AvgIpc) is 3.11. The Balaban J connectivity index is 1.44. The summed E-state index contributed by atoms with van der Waals surface area (Å²) < 4.78 is 13.3. The molecule has 0 N–H and O–H groups in total. The van der Waals surface area contributed by atoms with Crippen molar-refractivity contribution in [3.63, 3.8) is 0 Å². The van der Waals surface area contributed by atoms with Crippen LogP contribution in [0.3, 0.4) is 0 Å². The number of thiazole rings is 1. The van der Waals surface area contributed by atoms with E-state index in [1.165, 1.54) is 5.56 Å². The third-order valence-corrected chi connectivity index (χ3v) is 5.49. The second-order valence-electron chi connectivity index (χ2n) is 6.90. The maximum atomic E-state index is 7.62. The van der Waals surface area contributed by atoms with E-state index in [0.29, 0.717) is 0 Å². The van der Waals surface area contributed by atoms with Gasteiger partial charge in [0.2, 0.25) is 0 Å². The lowest BCUT2D eigenvalue weighted by Gasteiger charge is -2.30. The third-order valence-electron chi connectivity index (χ3n) is 4.40. The summed E-state index contributed by atoms with van der Waals surface area (Å²) in [6.07, 6.45) is 2.23. The van der Waals surface area contributed by atoms with Crippen LogP contribution >= 0.6 is 11.3 Å². The van der Waals surface area contributed by atoms with Crippen molar-refractivity contribution in [3.8, 4) is 26.8 Å². The van der Waals surface area contributed by atoms with Crippen LogP contribution < -0.4 is 4.74 Å². The molecule has 3 nitrogen and oxygen atoms in total. The Hall–Kier alpha value is -2.17. The summed E-state index contributed by atoms with van der Waals surface area (Å²) in [7, 11) is 0. The minimum absolute atomic E-state index is 0.101. The van der Waals surface area contributed by atoms with Gasteiger partial charge in [-0.2, -0.15) is 0 Å². The van der Waals surface area contributed by atoms with Crippen molar-refractivity contribution in [3.05, 3.63) is 60.3 Å². The van der Waals surface area contributed by atoms with Crippen molar-refractivity contribution < 1.29 is 6.11 Å². The average molecular weight is 366 g/mol. The fraction of sp³-hybridized carbons (Fsp3) is 0.318. The van der Waals surface area contributed by atoms with Gasteiger partial charge in [-0.15, -0.1) is 11.3 Å². The quantitative estimate of drug-likeness (QED) is 0.579. The minimum atomic E-state index is 0.101. The van der Waals surface area contributed by atoms with E-state index >= 15 is 0 Å². The van der Waals surface area contributed by atoms with Gasteiger partial charge in [-0.1, -0.05) is 24.3 Å². The smallest absolute Gasteiger partial charge is 0.123 e. The molecule has 0 radical (unpaired) electrons. The highest BCUT2D eigenvalue weighted by atomic mass is 32.1. The molecule has 0 amide bonds. The molecule has 1 aliphatic heterocycles. The number of likely N-dealkylation sites (tertiary alicyclic amines) is 1. The van der Waals surface area contributed by atoms with Crippen molar-refractivity contribution >= 4 is 11.3 Å². The lowest BCUT2D eigenvalue weighted by Crippen LogP contribution is -2.36. The standard InChI is InChI=1S/C22H24N2OS/c1-16(2)25-20-10-8-18(9-11-20)21-14-23-22(26-21)19-6-4-17(5-7-19)15-24-12-3-13-24/h4-11,14,16H,3,12-13,15H2,1-2H3/i3D. The Morgan fingerprint density at radius 1 is 1.08 bits per heavy atom. The van der Waals surface area contributed by atoms with Gasteiger partial charge in [0.25, 0.3) is 0 Å². The van der Waals surface area contributed by atoms with Crippen LogP contribution in [-0.2, 0) is 6.54 Å². The molecule has 0 bridgehead atoms. The number of hydrogen-bond donors (Lipinski definition) is 0. The Morgan fingerprint density at radius 2 is 1.77 bits per heavy atom. The minimum Gasteiger partial charge on any atom is -0.491 e. The zero-order chi connectivity index (χ0) is 18.8. The van der Waals surface area contributed by atoms with Gasteiger partial charge in [0, 0.05) is 19.7 Å². The van der Waals surface area contributed by atoms with Gasteiger partial charge in [0.1, 0.15) is 10.8 Å². The molecule has 0 unspecified atom stereocenters. The first-order valence-electron chi connectivity index (χ1n) is 9.61. The van der Waals surface area contributed by atoms with Crippen molar-refractivity contribution in [1.82, 2.24) is 9.88 Å². The maximum absolute atomic E-state index is 7.62. The molecule has 3 aromatic rings. The lowest BCUT2D eigenvalue weighted by atomic mass is 10.1. The summed E-state index contributed by atoms with van der Waals surface area (Å²) >= 11 is 1.71. The van der Waals surface area contributed by atoms with Crippen LogP contribution in [-0.4, -0.2) is 29.1 Å². The van der Waals surface area contributed by atoms with E-state index in [9.17, 15) is 0 Å². The molecule has 2 heterocycles. The first-order chi connectivity index (χ1) is 13.1. The van der Waals surface area contributed by atoms with E-state index in [2.05, 4.69) is 46.3 Å². The summed E-state index contributed by atoms with van der Waals surface area (Å²) in [5.41, 5.74) is 3.61. The molecule has 1 aromatic heterocycles. The molecule has 0 saturated carbocycles. The summed E-state index contributed by atoms with van der Waals surface area (Å²) in [5.74, 6) is 0.896. The van der Waals surface area contributed by atoms with Gasteiger partial charge >= 0.3 is 0 Å². The van der Waals surface area contributed by atoms with E-state index in [4.69, 9.17) is 6.11 Å². The monoisotopic (exact) mass is 365 g/mol. The second-order valence-corrected chi connectivity index (χ2v) is 7.93. The largest absolute Gasteiger partial charge is 0.491 e. The number of benzene rings is 2. The van der Waals surface area contributed by atoms with Crippen LogP contribution in [0, 0.1) is 0 Å². The van der Waals surface area contributed by atoms with Crippen LogP contribution in [0.15, 0.2) is 54.7 Å². The van der Waals surface area contributed by atoms with Gasteiger partial charge in [-0.05, 0) is 68.7 Å². The molecule has 4 heteroatoms. The first-order valence-corrected chi connectivity index (χ1v) is 9.85. The van der Waals surface area contributed by atoms with Crippen LogP contribution in [0.2, 0.25) is 0 Å². The molecule has 26 heavy (non-hydrogen) atoms. The first kappa shape index (κ1) is 16.0. The zero-order valence-electron chi connectivity index (χ0n) is 16.2. The molecule has 1 aliphatic rings. The van der Waals surface area contributed by atoms with Crippen LogP contribution in [0.1, 0.15) is 27.2 Å². The predicted octanol–water partition coefficient (Wildman–Crippen LogP) is 5.47. The molecule has 0 aliphatic carbocycles. The molecule has 1 fully saturated rings. The second kappa shape index (κ2) is 7.60. The van der Waals surface area contributed by atoms with Crippen molar-refractivity contribution in [2.75, 3.05) is 13.1 Å². The predicted molar refractivity (Wildman–Crippen MR) is 109 cm³/mol. The van der Waals surface area contributed by atoms with Crippen LogP contribution in [0.4, 0.5) is 0 Å². The molecule has 0 spiro atoms. The number of aromatic nitrogens is 1.